The molecule has 2 aromatic rings. The third-order valence-electron chi connectivity index (χ3n) is 3.68. The highest BCUT2D eigenvalue weighted by Gasteiger charge is 2.33. The SMILES string of the molecule is CN(CC(=O)Nc1ccc(Cl)c(C(F)(F)F)c1)S(=O)(=O)c1ccc([N+](=O)[O-])cc1. The standard InChI is InChI=1S/C16H13ClF3N3O5S/c1-22(29(27,28)12-5-3-11(4-6-12)23(25)26)9-15(24)21-10-2-7-14(17)13(8-10)16(18,19)20/h2-8H,9H2,1H3,(H,21,24). The van der Waals surface area contributed by atoms with Gasteiger partial charge in [0.1, 0.15) is 0 Å². The number of nitro benzene ring substituents is 1. The molecule has 0 spiro atoms. The fourth-order valence-electron chi connectivity index (χ4n) is 2.23. The number of carbonyl (C=O) groups is 1. The molecule has 8 nitrogen and oxygen atoms in total. The van der Waals surface area contributed by atoms with Crippen LogP contribution in [0.4, 0.5) is 24.5 Å². The number of sulfonamides is 1. The molecule has 0 saturated carbocycles. The third kappa shape index (κ3) is 5.43. The summed E-state index contributed by atoms with van der Waals surface area (Å²) in [5.41, 5.74) is -1.68. The lowest BCUT2D eigenvalue weighted by atomic mass is 10.2. The number of nitrogens with one attached hydrogen (secondary N) is 1. The summed E-state index contributed by atoms with van der Waals surface area (Å²) in [6, 6.07) is 6.73. The minimum atomic E-state index is -4.73. The van der Waals surface area contributed by atoms with Crippen molar-refractivity contribution in [3.8, 4) is 0 Å². The molecule has 29 heavy (non-hydrogen) atoms. The van der Waals surface area contributed by atoms with Crippen LogP contribution in [0.1, 0.15) is 5.56 Å². The van der Waals surface area contributed by atoms with Gasteiger partial charge in [0, 0.05) is 24.9 Å². The van der Waals surface area contributed by atoms with E-state index >= 15 is 0 Å². The van der Waals surface area contributed by atoms with Gasteiger partial charge in [-0.25, -0.2) is 8.42 Å². The number of likely N-dealkylation sites (N-methyl/N-ethyl adjacent to an activating group) is 1. The van der Waals surface area contributed by atoms with E-state index in [4.69, 9.17) is 11.6 Å². The number of hydrogen-bond donors (Lipinski definition) is 1. The molecule has 13 heteroatoms. The average molecular weight is 452 g/mol. The Labute approximate surface area is 168 Å². The van der Waals surface area contributed by atoms with E-state index in [2.05, 4.69) is 5.32 Å². The molecule has 1 N–H and O–H groups in total. The number of anilines is 1. The molecule has 0 unspecified atom stereocenters. The molecule has 0 atom stereocenters. The van der Waals surface area contributed by atoms with Crippen molar-refractivity contribution in [3.05, 3.63) is 63.2 Å². The number of nitro groups is 1. The molecule has 0 fully saturated rings. The maximum absolute atomic E-state index is 12.9. The van der Waals surface area contributed by atoms with E-state index in [1.165, 1.54) is 0 Å². The fraction of sp³-hybridized carbons (Fsp3) is 0.188. The number of carbonyl (C=O) groups excluding carboxylic acids is 1. The van der Waals surface area contributed by atoms with Crippen molar-refractivity contribution in [1.29, 1.82) is 0 Å². The number of nitrogens with zero attached hydrogens (tertiary/aromatic N) is 2. The summed E-state index contributed by atoms with van der Waals surface area (Å²) in [6.07, 6.45) is -4.73. The van der Waals surface area contributed by atoms with Crippen LogP contribution in [0.2, 0.25) is 5.02 Å². The first-order valence-corrected chi connectivity index (χ1v) is 9.51. The normalized spacial score (nSPS) is 12.1. The second kappa shape index (κ2) is 8.35. The van der Waals surface area contributed by atoms with Crippen molar-refractivity contribution < 1.29 is 31.3 Å². The lowest BCUT2D eigenvalue weighted by molar-refractivity contribution is -0.384. The molecule has 2 rings (SSSR count). The molecule has 1 amide bonds. The van der Waals surface area contributed by atoms with Crippen LogP contribution in [0.15, 0.2) is 47.4 Å². The summed E-state index contributed by atoms with van der Waals surface area (Å²) in [5.74, 6) is -0.895. The first-order chi connectivity index (χ1) is 13.3. The molecular weight excluding hydrogens is 439 g/mol. The molecular formula is C16H13ClF3N3O5S. The zero-order chi connectivity index (χ0) is 22.0. The van der Waals surface area contributed by atoms with Gasteiger partial charge in [0.25, 0.3) is 5.69 Å². The number of benzene rings is 2. The molecule has 0 aliphatic heterocycles. The summed E-state index contributed by atoms with van der Waals surface area (Å²) in [6.45, 7) is -0.705. The van der Waals surface area contributed by atoms with Crippen molar-refractivity contribution in [2.75, 3.05) is 18.9 Å². The van der Waals surface area contributed by atoms with E-state index < -0.39 is 44.2 Å². The molecule has 0 radical (unpaired) electrons. The Bertz CT molecular complexity index is 1040. The summed E-state index contributed by atoms with van der Waals surface area (Å²) < 4.78 is 64.2. The lowest BCUT2D eigenvalue weighted by Crippen LogP contribution is -2.35. The van der Waals surface area contributed by atoms with Crippen LogP contribution >= 0.6 is 11.6 Å². The summed E-state index contributed by atoms with van der Waals surface area (Å²) >= 11 is 5.50. The number of halogens is 4. The van der Waals surface area contributed by atoms with E-state index in [0.717, 1.165) is 43.4 Å². The molecule has 0 aliphatic carbocycles. The van der Waals surface area contributed by atoms with Gasteiger partial charge in [-0.3, -0.25) is 14.9 Å². The Balaban J connectivity index is 2.13. The quantitative estimate of drug-likeness (QED) is 0.533. The van der Waals surface area contributed by atoms with Crippen LogP contribution in [0, 0.1) is 10.1 Å². The molecule has 0 aliphatic rings. The minimum absolute atomic E-state index is 0.215. The molecule has 0 bridgehead atoms. The monoisotopic (exact) mass is 451 g/mol. The smallest absolute Gasteiger partial charge is 0.325 e. The predicted molar refractivity (Wildman–Crippen MR) is 98.0 cm³/mol. The van der Waals surface area contributed by atoms with Crippen LogP contribution in [0.25, 0.3) is 0 Å². The van der Waals surface area contributed by atoms with Gasteiger partial charge in [0.05, 0.1) is 26.9 Å². The second-order valence-corrected chi connectivity index (χ2v) is 8.20. The van der Waals surface area contributed by atoms with Gasteiger partial charge in [0.15, 0.2) is 0 Å². The van der Waals surface area contributed by atoms with Crippen molar-refractivity contribution in [2.24, 2.45) is 0 Å². The Morgan fingerprint density at radius 3 is 2.31 bits per heavy atom. The Morgan fingerprint density at radius 1 is 1.21 bits per heavy atom. The molecule has 0 heterocycles. The molecule has 156 valence electrons. The molecule has 0 aromatic heterocycles. The fourth-order valence-corrected chi connectivity index (χ4v) is 3.58. The molecule has 0 saturated heterocycles. The topological polar surface area (TPSA) is 110 Å². The maximum atomic E-state index is 12.9. The molecule has 2 aromatic carbocycles. The van der Waals surface area contributed by atoms with Gasteiger partial charge in [-0.05, 0) is 30.3 Å². The lowest BCUT2D eigenvalue weighted by Gasteiger charge is -2.17. The Hall–Kier alpha value is -2.70. The van der Waals surface area contributed by atoms with Crippen molar-refractivity contribution >= 4 is 38.9 Å². The van der Waals surface area contributed by atoms with Crippen molar-refractivity contribution in [1.82, 2.24) is 4.31 Å². The first-order valence-electron chi connectivity index (χ1n) is 7.70. The zero-order valence-corrected chi connectivity index (χ0v) is 16.2. The largest absolute Gasteiger partial charge is 0.417 e. The summed E-state index contributed by atoms with van der Waals surface area (Å²) in [7, 11) is -3.08. The highest BCUT2D eigenvalue weighted by Crippen LogP contribution is 2.36. The summed E-state index contributed by atoms with van der Waals surface area (Å²) in [4.78, 5) is 21.7. The number of hydrogen-bond acceptors (Lipinski definition) is 5. The minimum Gasteiger partial charge on any atom is -0.325 e. The van der Waals surface area contributed by atoms with Crippen LogP contribution in [-0.2, 0) is 21.0 Å². The van der Waals surface area contributed by atoms with Gasteiger partial charge in [0.2, 0.25) is 15.9 Å². The zero-order valence-electron chi connectivity index (χ0n) is 14.6. The number of amides is 1. The van der Waals surface area contributed by atoms with E-state index in [1.54, 1.807) is 0 Å². The van der Waals surface area contributed by atoms with Gasteiger partial charge in [-0.15, -0.1) is 0 Å². The van der Waals surface area contributed by atoms with Gasteiger partial charge in [-0.2, -0.15) is 17.5 Å². The van der Waals surface area contributed by atoms with E-state index in [9.17, 15) is 36.5 Å². The van der Waals surface area contributed by atoms with Crippen LogP contribution in [0.3, 0.4) is 0 Å². The number of rotatable bonds is 6. The van der Waals surface area contributed by atoms with E-state index in [-0.39, 0.29) is 16.3 Å². The number of alkyl halides is 3. The van der Waals surface area contributed by atoms with Crippen LogP contribution < -0.4 is 5.32 Å². The van der Waals surface area contributed by atoms with Crippen molar-refractivity contribution in [3.63, 3.8) is 0 Å². The highest BCUT2D eigenvalue weighted by atomic mass is 35.5. The van der Waals surface area contributed by atoms with Crippen molar-refractivity contribution in [2.45, 2.75) is 11.1 Å². The van der Waals surface area contributed by atoms with Crippen LogP contribution in [0.5, 0.6) is 0 Å². The average Bonchev–Trinajstić information content (AvgIpc) is 2.62. The second-order valence-electron chi connectivity index (χ2n) is 5.75. The van der Waals surface area contributed by atoms with Gasteiger partial charge in [-0.1, -0.05) is 11.6 Å². The highest BCUT2D eigenvalue weighted by molar-refractivity contribution is 7.89. The Morgan fingerprint density at radius 2 is 1.79 bits per heavy atom. The number of non-ortho nitro benzene ring substituents is 1. The van der Waals surface area contributed by atoms with E-state index in [1.807, 2.05) is 0 Å². The predicted octanol–water partition coefficient (Wildman–Crippen LogP) is 3.53. The Kier molecular flexibility index (Phi) is 6.50. The third-order valence-corrected chi connectivity index (χ3v) is 5.82. The maximum Gasteiger partial charge on any atom is 0.417 e. The summed E-state index contributed by atoms with van der Waals surface area (Å²) in [5, 5.41) is 12.3. The van der Waals surface area contributed by atoms with Gasteiger partial charge >= 0.3 is 6.18 Å². The van der Waals surface area contributed by atoms with Gasteiger partial charge < -0.3 is 5.32 Å². The van der Waals surface area contributed by atoms with E-state index in [0.29, 0.717) is 10.4 Å². The first kappa shape index (κ1) is 22.6. The van der Waals surface area contributed by atoms with Crippen LogP contribution in [-0.4, -0.2) is 37.1 Å².